The Hall–Kier alpha value is -8.61. The van der Waals surface area contributed by atoms with E-state index in [4.69, 9.17) is 28.8 Å². The Balaban J connectivity index is 0.881. The maximum Gasteiger partial charge on any atom is 0.178 e. The minimum absolute atomic E-state index is 0.542. The van der Waals surface area contributed by atoms with Crippen LogP contribution in [0, 0.1) is 0 Å². The van der Waals surface area contributed by atoms with Crippen LogP contribution >= 0.6 is 0 Å². The van der Waals surface area contributed by atoms with E-state index in [9.17, 15) is 0 Å². The fraction of sp³-hybridized carbons (Fsp3) is 0.0172. The highest BCUT2D eigenvalue weighted by atomic mass is 16.6. The molecule has 0 spiro atoms. The maximum absolute atomic E-state index is 6.99. The summed E-state index contributed by atoms with van der Waals surface area (Å²) in [5.41, 5.74) is 12.5. The first-order valence-electron chi connectivity index (χ1n) is 21.4. The molecule has 0 atom stereocenters. The molecule has 13 rings (SSSR count). The van der Waals surface area contributed by atoms with Crippen molar-refractivity contribution >= 4 is 21.9 Å². The Morgan fingerprint density at radius 3 is 1.64 bits per heavy atom. The van der Waals surface area contributed by atoms with E-state index in [1.807, 2.05) is 66.7 Å². The molecule has 6 heteroatoms. The molecule has 64 heavy (non-hydrogen) atoms. The molecule has 0 saturated carbocycles. The third-order valence-electron chi connectivity index (χ3n) is 12.7. The van der Waals surface area contributed by atoms with Gasteiger partial charge in [0.05, 0.1) is 5.41 Å². The van der Waals surface area contributed by atoms with Crippen LogP contribution in [-0.2, 0) is 5.41 Å². The Morgan fingerprint density at radius 1 is 0.344 bits per heavy atom. The van der Waals surface area contributed by atoms with Crippen molar-refractivity contribution in [3.63, 3.8) is 0 Å². The Bertz CT molecular complexity index is 3570. The number of fused-ring (bicyclic) bond motifs is 9. The zero-order valence-electron chi connectivity index (χ0n) is 34.3. The second-order valence-corrected chi connectivity index (χ2v) is 16.2. The first kappa shape index (κ1) is 36.1. The Kier molecular flexibility index (Phi) is 8.02. The quantitative estimate of drug-likeness (QED) is 0.166. The van der Waals surface area contributed by atoms with Crippen LogP contribution in [0.5, 0.6) is 23.0 Å². The van der Waals surface area contributed by atoms with E-state index in [1.54, 1.807) is 0 Å². The van der Waals surface area contributed by atoms with Gasteiger partial charge in [-0.3, -0.25) is 0 Å². The summed E-state index contributed by atoms with van der Waals surface area (Å²) < 4.78 is 20.1. The molecule has 0 N–H and O–H groups in total. The molecule has 11 aromatic rings. The van der Waals surface area contributed by atoms with Gasteiger partial charge < -0.3 is 13.9 Å². The molecule has 0 radical (unpaired) electrons. The molecule has 2 aliphatic rings. The maximum atomic E-state index is 6.99. The number of furan rings is 1. The number of aromatic nitrogens is 3. The van der Waals surface area contributed by atoms with E-state index in [0.29, 0.717) is 34.7 Å². The Labute approximate surface area is 368 Å². The molecular formula is C58H35N3O3. The van der Waals surface area contributed by atoms with E-state index < -0.39 is 5.41 Å². The van der Waals surface area contributed by atoms with Gasteiger partial charge in [-0.25, -0.2) is 15.0 Å². The highest BCUT2D eigenvalue weighted by molar-refractivity contribution is 6.05. The normalized spacial score (nSPS) is 13.1. The lowest BCUT2D eigenvalue weighted by Crippen LogP contribution is -2.28. The molecule has 6 nitrogen and oxygen atoms in total. The smallest absolute Gasteiger partial charge is 0.178 e. The van der Waals surface area contributed by atoms with Crippen LogP contribution in [0.1, 0.15) is 22.3 Å². The van der Waals surface area contributed by atoms with Crippen LogP contribution in [0.3, 0.4) is 0 Å². The molecule has 0 bridgehead atoms. The zero-order chi connectivity index (χ0) is 42.2. The molecule has 0 unspecified atom stereocenters. The molecule has 1 aliphatic carbocycles. The number of nitrogens with zero attached hydrogens (tertiary/aromatic N) is 3. The molecule has 9 aromatic carbocycles. The lowest BCUT2D eigenvalue weighted by Gasteiger charge is -2.34. The molecule has 300 valence electrons. The van der Waals surface area contributed by atoms with Crippen molar-refractivity contribution in [1.29, 1.82) is 0 Å². The van der Waals surface area contributed by atoms with E-state index in [1.165, 1.54) is 16.7 Å². The molecule has 0 amide bonds. The van der Waals surface area contributed by atoms with Gasteiger partial charge in [-0.05, 0) is 63.7 Å². The summed E-state index contributed by atoms with van der Waals surface area (Å²) >= 11 is 0. The average Bonchev–Trinajstić information content (AvgIpc) is 3.90. The van der Waals surface area contributed by atoms with Gasteiger partial charge >= 0.3 is 0 Å². The summed E-state index contributed by atoms with van der Waals surface area (Å²) in [6, 6.07) is 73.1. The number of ether oxygens (including phenoxy) is 2. The van der Waals surface area contributed by atoms with Crippen molar-refractivity contribution in [2.75, 3.05) is 0 Å². The lowest BCUT2D eigenvalue weighted by atomic mass is 9.68. The number of hydrogen-bond donors (Lipinski definition) is 0. The summed E-state index contributed by atoms with van der Waals surface area (Å²) in [4.78, 5) is 15.0. The summed E-state index contributed by atoms with van der Waals surface area (Å²) in [5, 5.41) is 2.13. The number of para-hydroxylation sites is 2. The van der Waals surface area contributed by atoms with E-state index in [-0.39, 0.29) is 0 Å². The molecule has 1 aliphatic heterocycles. The van der Waals surface area contributed by atoms with Gasteiger partial charge in [0.15, 0.2) is 40.5 Å². The van der Waals surface area contributed by atoms with Crippen molar-refractivity contribution in [3.05, 3.63) is 235 Å². The van der Waals surface area contributed by atoms with Crippen molar-refractivity contribution in [2.24, 2.45) is 0 Å². The molecule has 0 saturated heterocycles. The summed E-state index contributed by atoms with van der Waals surface area (Å²) in [7, 11) is 0. The lowest BCUT2D eigenvalue weighted by molar-refractivity contribution is 0.361. The van der Waals surface area contributed by atoms with E-state index >= 15 is 0 Å². The fourth-order valence-electron chi connectivity index (χ4n) is 9.83. The first-order valence-corrected chi connectivity index (χ1v) is 21.4. The van der Waals surface area contributed by atoms with Gasteiger partial charge in [0.25, 0.3) is 0 Å². The van der Waals surface area contributed by atoms with Gasteiger partial charge in [0.2, 0.25) is 0 Å². The van der Waals surface area contributed by atoms with Crippen molar-refractivity contribution in [3.8, 4) is 79.4 Å². The van der Waals surface area contributed by atoms with Gasteiger partial charge in [-0.2, -0.15) is 0 Å². The third kappa shape index (κ3) is 5.49. The highest BCUT2D eigenvalue weighted by Crippen LogP contribution is 2.62. The second kappa shape index (κ2) is 14.2. The summed E-state index contributed by atoms with van der Waals surface area (Å²) in [6.45, 7) is 0. The predicted octanol–water partition coefficient (Wildman–Crippen LogP) is 14.7. The van der Waals surface area contributed by atoms with Gasteiger partial charge in [-0.1, -0.05) is 182 Å². The monoisotopic (exact) mass is 821 g/mol. The van der Waals surface area contributed by atoms with Crippen molar-refractivity contribution in [2.45, 2.75) is 5.41 Å². The van der Waals surface area contributed by atoms with Crippen LogP contribution in [0.4, 0.5) is 0 Å². The third-order valence-corrected chi connectivity index (χ3v) is 12.7. The second-order valence-electron chi connectivity index (χ2n) is 16.2. The largest absolute Gasteiger partial charge is 0.456 e. The van der Waals surface area contributed by atoms with Crippen LogP contribution in [0.2, 0.25) is 0 Å². The van der Waals surface area contributed by atoms with Gasteiger partial charge in [0.1, 0.15) is 11.2 Å². The van der Waals surface area contributed by atoms with E-state index in [0.717, 1.165) is 72.2 Å². The SMILES string of the molecule is c1ccc(-c2nc(-c3ccc(-c4cccc5c4Oc4ccc6c(c4O5)-c4ccccc4C6(c4ccccc4)c4ccccc4)cc3)nc(-c3ccc4c(c3)oc3ccccc34)n2)cc1. The average molecular weight is 822 g/mol. The molecule has 2 aromatic heterocycles. The molecule has 3 heterocycles. The van der Waals surface area contributed by atoms with Gasteiger partial charge in [-0.15, -0.1) is 0 Å². The minimum Gasteiger partial charge on any atom is -0.456 e. The zero-order valence-corrected chi connectivity index (χ0v) is 34.3. The minimum atomic E-state index is -0.542. The fourth-order valence-corrected chi connectivity index (χ4v) is 9.83. The van der Waals surface area contributed by atoms with E-state index in [2.05, 4.69) is 146 Å². The molecular weight excluding hydrogens is 787 g/mol. The topological polar surface area (TPSA) is 70.3 Å². The van der Waals surface area contributed by atoms with Crippen LogP contribution in [-0.4, -0.2) is 15.0 Å². The van der Waals surface area contributed by atoms with Crippen molar-refractivity contribution in [1.82, 2.24) is 15.0 Å². The first-order chi connectivity index (χ1) is 31.7. The van der Waals surface area contributed by atoms with Crippen LogP contribution < -0.4 is 9.47 Å². The van der Waals surface area contributed by atoms with Crippen LogP contribution in [0.15, 0.2) is 217 Å². The highest BCUT2D eigenvalue weighted by Gasteiger charge is 2.48. The number of benzene rings is 9. The standard InChI is InChI=1S/C58H35N3O3/c1-4-15-37(16-5-1)55-59-56(61-57(60-55)39-31-32-44-43-21-11-13-25-48(43)62-51(44)35-39)38-29-27-36(28-30-38)42-23-14-26-49-53(42)63-50-34-33-47-52(54(50)64-49)45-22-10-12-24-46(45)58(47,40-17-6-2-7-18-40)41-19-8-3-9-20-41/h1-35H. The predicted molar refractivity (Wildman–Crippen MR) is 253 cm³/mol. The summed E-state index contributed by atoms with van der Waals surface area (Å²) in [5.74, 6) is 4.45. The number of hydrogen-bond acceptors (Lipinski definition) is 6. The molecule has 0 fully saturated rings. The Morgan fingerprint density at radius 2 is 0.891 bits per heavy atom. The van der Waals surface area contributed by atoms with Crippen molar-refractivity contribution < 1.29 is 13.9 Å². The van der Waals surface area contributed by atoms with Crippen LogP contribution in [0.25, 0.3) is 78.4 Å². The van der Waals surface area contributed by atoms with Gasteiger partial charge in [0, 0.05) is 38.6 Å². The number of rotatable bonds is 6. The summed E-state index contributed by atoms with van der Waals surface area (Å²) in [6.07, 6.45) is 0.